The summed E-state index contributed by atoms with van der Waals surface area (Å²) in [5, 5.41) is 9.62. The minimum absolute atomic E-state index is 0.100. The highest BCUT2D eigenvalue weighted by atomic mass is 16.4. The van der Waals surface area contributed by atoms with Crippen LogP contribution in [0.3, 0.4) is 0 Å². The van der Waals surface area contributed by atoms with Gasteiger partial charge in [0.05, 0.1) is 5.92 Å². The molecule has 240 valence electrons. The Hall–Kier alpha value is -0.530. The topological polar surface area (TPSA) is 37.3 Å². The van der Waals surface area contributed by atoms with Crippen LogP contribution in [-0.4, -0.2) is 11.1 Å². The molecule has 40 heavy (non-hydrogen) atoms. The molecule has 0 heterocycles. The first-order valence-electron chi connectivity index (χ1n) is 18.8. The van der Waals surface area contributed by atoms with Crippen LogP contribution in [0.1, 0.15) is 226 Å². The standard InChI is InChI=1S/C38H76O2/c1-4-5-6-7-8-9-10-11-12-13-14-15-16-19-22-25-28-31-34-37(38(39)40)35-32-29-26-23-20-17-18-21-24-27-30-33-36(2)3/h36-37H,4-35H2,1-3H3,(H,39,40). The fraction of sp³-hybridized carbons (Fsp3) is 0.974. The van der Waals surface area contributed by atoms with Crippen LogP contribution in [0.5, 0.6) is 0 Å². The summed E-state index contributed by atoms with van der Waals surface area (Å²) in [6.07, 6.45) is 42.9. The number of unbranched alkanes of at least 4 members (excludes halogenated alkanes) is 27. The lowest BCUT2D eigenvalue weighted by Gasteiger charge is -2.12. The molecule has 0 amide bonds. The van der Waals surface area contributed by atoms with E-state index in [9.17, 15) is 9.90 Å². The van der Waals surface area contributed by atoms with Crippen molar-refractivity contribution in [1.82, 2.24) is 0 Å². The van der Waals surface area contributed by atoms with Crippen molar-refractivity contribution in [2.45, 2.75) is 226 Å². The lowest BCUT2D eigenvalue weighted by Crippen LogP contribution is -2.13. The number of hydrogen-bond acceptors (Lipinski definition) is 1. The molecule has 0 aliphatic rings. The van der Waals surface area contributed by atoms with Gasteiger partial charge in [0.25, 0.3) is 0 Å². The highest BCUT2D eigenvalue weighted by Gasteiger charge is 2.16. The van der Waals surface area contributed by atoms with Crippen molar-refractivity contribution < 1.29 is 9.90 Å². The second kappa shape index (κ2) is 33.0. The maximum Gasteiger partial charge on any atom is 0.306 e. The van der Waals surface area contributed by atoms with Gasteiger partial charge in [0.1, 0.15) is 0 Å². The van der Waals surface area contributed by atoms with Gasteiger partial charge in [-0.15, -0.1) is 0 Å². The minimum Gasteiger partial charge on any atom is -0.481 e. The monoisotopic (exact) mass is 565 g/mol. The molecule has 0 aliphatic heterocycles. The summed E-state index contributed by atoms with van der Waals surface area (Å²) < 4.78 is 0. The molecule has 2 heteroatoms. The van der Waals surface area contributed by atoms with Crippen molar-refractivity contribution in [2.75, 3.05) is 0 Å². The van der Waals surface area contributed by atoms with Crippen LogP contribution in [-0.2, 0) is 4.79 Å². The van der Waals surface area contributed by atoms with E-state index >= 15 is 0 Å². The van der Waals surface area contributed by atoms with Crippen molar-refractivity contribution in [1.29, 1.82) is 0 Å². The zero-order valence-electron chi connectivity index (χ0n) is 28.1. The maximum absolute atomic E-state index is 11.7. The Balaban J connectivity index is 3.38. The SMILES string of the molecule is CCCCCCCCCCCCCCCCCCCCC(CCCCCCCCCCCCCC(C)C)C(=O)O. The summed E-state index contributed by atoms with van der Waals surface area (Å²) in [6.45, 7) is 6.94. The average Bonchev–Trinajstić information content (AvgIpc) is 2.93. The van der Waals surface area contributed by atoms with Gasteiger partial charge in [0, 0.05) is 0 Å². The summed E-state index contributed by atoms with van der Waals surface area (Å²) in [6, 6.07) is 0. The van der Waals surface area contributed by atoms with Crippen molar-refractivity contribution in [2.24, 2.45) is 11.8 Å². The van der Waals surface area contributed by atoms with Crippen LogP contribution in [0, 0.1) is 11.8 Å². The van der Waals surface area contributed by atoms with Gasteiger partial charge in [0.2, 0.25) is 0 Å². The number of aliphatic carboxylic acids is 1. The molecule has 1 N–H and O–H groups in total. The largest absolute Gasteiger partial charge is 0.481 e. The molecule has 0 radical (unpaired) electrons. The lowest BCUT2D eigenvalue weighted by molar-refractivity contribution is -0.142. The third-order valence-corrected chi connectivity index (χ3v) is 9.09. The number of carboxylic acids is 1. The summed E-state index contributed by atoms with van der Waals surface area (Å²) in [4.78, 5) is 11.7. The number of carboxylic acid groups (broad SMARTS) is 1. The molecule has 1 unspecified atom stereocenters. The summed E-state index contributed by atoms with van der Waals surface area (Å²) in [5.74, 6) is 0.205. The van der Waals surface area contributed by atoms with E-state index < -0.39 is 5.97 Å². The fourth-order valence-electron chi connectivity index (χ4n) is 6.22. The van der Waals surface area contributed by atoms with Crippen molar-refractivity contribution >= 4 is 5.97 Å². The van der Waals surface area contributed by atoms with E-state index in [1.54, 1.807) is 0 Å². The highest BCUT2D eigenvalue weighted by Crippen LogP contribution is 2.21. The van der Waals surface area contributed by atoms with Gasteiger partial charge in [-0.25, -0.2) is 0 Å². The molecule has 0 rings (SSSR count). The molecule has 0 aromatic rings. The van der Waals surface area contributed by atoms with Crippen LogP contribution in [0.4, 0.5) is 0 Å². The van der Waals surface area contributed by atoms with Crippen LogP contribution < -0.4 is 0 Å². The van der Waals surface area contributed by atoms with Gasteiger partial charge in [-0.1, -0.05) is 213 Å². The summed E-state index contributed by atoms with van der Waals surface area (Å²) in [7, 11) is 0. The van der Waals surface area contributed by atoms with E-state index in [0.29, 0.717) is 0 Å². The van der Waals surface area contributed by atoms with Crippen molar-refractivity contribution in [3.63, 3.8) is 0 Å². The molecule has 0 spiro atoms. The third-order valence-electron chi connectivity index (χ3n) is 9.09. The molecule has 2 nitrogen and oxygen atoms in total. The summed E-state index contributed by atoms with van der Waals surface area (Å²) >= 11 is 0. The first-order valence-corrected chi connectivity index (χ1v) is 18.8. The lowest BCUT2D eigenvalue weighted by atomic mass is 9.94. The van der Waals surface area contributed by atoms with Crippen molar-refractivity contribution in [3.8, 4) is 0 Å². The van der Waals surface area contributed by atoms with E-state index in [4.69, 9.17) is 0 Å². The van der Waals surface area contributed by atoms with Gasteiger partial charge in [-0.3, -0.25) is 4.79 Å². The predicted molar refractivity (Wildman–Crippen MR) is 179 cm³/mol. The van der Waals surface area contributed by atoms with Gasteiger partial charge < -0.3 is 5.11 Å². The van der Waals surface area contributed by atoms with Gasteiger partial charge in [0.15, 0.2) is 0 Å². The normalized spacial score (nSPS) is 12.4. The molecule has 0 bridgehead atoms. The molecule has 0 saturated heterocycles. The van der Waals surface area contributed by atoms with Crippen LogP contribution in [0.2, 0.25) is 0 Å². The van der Waals surface area contributed by atoms with Gasteiger partial charge in [-0.05, 0) is 18.8 Å². The average molecular weight is 565 g/mol. The Bertz CT molecular complexity index is 486. The molecule has 0 aromatic carbocycles. The van der Waals surface area contributed by atoms with E-state index in [2.05, 4.69) is 20.8 Å². The molecule has 0 saturated carbocycles. The van der Waals surface area contributed by atoms with Gasteiger partial charge in [-0.2, -0.15) is 0 Å². The van der Waals surface area contributed by atoms with E-state index in [1.165, 1.54) is 180 Å². The highest BCUT2D eigenvalue weighted by molar-refractivity contribution is 5.69. The quantitative estimate of drug-likeness (QED) is 0.0789. The van der Waals surface area contributed by atoms with E-state index in [0.717, 1.165) is 31.6 Å². The second-order valence-electron chi connectivity index (χ2n) is 13.7. The van der Waals surface area contributed by atoms with Crippen molar-refractivity contribution in [3.05, 3.63) is 0 Å². The Kier molecular flexibility index (Phi) is 32.5. The zero-order valence-corrected chi connectivity index (χ0v) is 28.1. The first-order chi connectivity index (χ1) is 19.6. The Morgan fingerprint density at radius 3 is 0.850 bits per heavy atom. The number of hydrogen-bond donors (Lipinski definition) is 1. The third kappa shape index (κ3) is 32.0. The Morgan fingerprint density at radius 2 is 0.625 bits per heavy atom. The molecule has 0 aliphatic carbocycles. The first kappa shape index (κ1) is 39.5. The minimum atomic E-state index is -0.555. The van der Waals surface area contributed by atoms with Crippen LogP contribution in [0.25, 0.3) is 0 Å². The number of rotatable bonds is 34. The van der Waals surface area contributed by atoms with E-state index in [-0.39, 0.29) is 5.92 Å². The Morgan fingerprint density at radius 1 is 0.400 bits per heavy atom. The smallest absolute Gasteiger partial charge is 0.306 e. The summed E-state index contributed by atoms with van der Waals surface area (Å²) in [5.41, 5.74) is 0. The fourth-order valence-corrected chi connectivity index (χ4v) is 6.22. The molecular weight excluding hydrogens is 488 g/mol. The second-order valence-corrected chi connectivity index (χ2v) is 13.7. The molecule has 1 atom stereocenters. The predicted octanol–water partition coefficient (Wildman–Crippen LogP) is 13.8. The van der Waals surface area contributed by atoms with Crippen LogP contribution >= 0.6 is 0 Å². The number of carbonyl (C=O) groups is 1. The Labute approximate surface area is 253 Å². The van der Waals surface area contributed by atoms with E-state index in [1.807, 2.05) is 0 Å². The molecular formula is C38H76O2. The zero-order chi connectivity index (χ0) is 29.4. The van der Waals surface area contributed by atoms with Gasteiger partial charge >= 0.3 is 5.97 Å². The van der Waals surface area contributed by atoms with Crippen LogP contribution in [0.15, 0.2) is 0 Å². The molecule has 0 aromatic heterocycles. The molecule has 0 fully saturated rings. The maximum atomic E-state index is 11.7.